The van der Waals surface area contributed by atoms with Crippen molar-refractivity contribution in [3.8, 4) is 6.07 Å². The highest BCUT2D eigenvalue weighted by atomic mass is 16.6. The van der Waals surface area contributed by atoms with Gasteiger partial charge in [-0.15, -0.1) is 0 Å². The van der Waals surface area contributed by atoms with E-state index >= 15 is 0 Å². The molecule has 0 heterocycles. The minimum absolute atomic E-state index is 0.121. The Morgan fingerprint density at radius 2 is 2.28 bits per heavy atom. The lowest BCUT2D eigenvalue weighted by molar-refractivity contribution is -0.384. The van der Waals surface area contributed by atoms with E-state index in [1.165, 1.54) is 6.07 Å². The van der Waals surface area contributed by atoms with E-state index in [2.05, 4.69) is 11.4 Å². The number of nitriles is 1. The third kappa shape index (κ3) is 3.04. The van der Waals surface area contributed by atoms with Crippen LogP contribution in [0.25, 0.3) is 0 Å². The van der Waals surface area contributed by atoms with Crippen LogP contribution in [0.1, 0.15) is 19.4 Å². The van der Waals surface area contributed by atoms with Crippen molar-refractivity contribution in [1.82, 2.24) is 0 Å². The summed E-state index contributed by atoms with van der Waals surface area (Å²) >= 11 is 0. The van der Waals surface area contributed by atoms with Crippen LogP contribution in [0.5, 0.6) is 0 Å². The van der Waals surface area contributed by atoms with Crippen LogP contribution in [-0.2, 0) is 0 Å². The normalized spacial score (nSPS) is 10.5. The van der Waals surface area contributed by atoms with Gasteiger partial charge < -0.3 is 10.7 Å². The summed E-state index contributed by atoms with van der Waals surface area (Å²) in [4.78, 5) is 10.3. The van der Waals surface area contributed by atoms with E-state index in [1.807, 2.05) is 0 Å². The summed E-state index contributed by atoms with van der Waals surface area (Å²) in [5.41, 5.74) is 0.00715. The maximum absolute atomic E-state index is 10.8. The van der Waals surface area contributed by atoms with Crippen molar-refractivity contribution < 1.29 is 4.92 Å². The monoisotopic (exact) mass is 246 g/mol. The number of nitrogens with zero attached hydrogens (tertiary/aromatic N) is 2. The predicted octanol–water partition coefficient (Wildman–Crippen LogP) is 2.55. The SMILES string of the molecule is CC(C)(C#N)CNc1cccc([N+](=O)[O-])c1C=N. The molecule has 0 aliphatic carbocycles. The second-order valence-electron chi connectivity index (χ2n) is 4.49. The summed E-state index contributed by atoms with van der Waals surface area (Å²) in [5, 5.41) is 29.9. The van der Waals surface area contributed by atoms with Gasteiger partial charge in [-0.25, -0.2) is 0 Å². The molecule has 0 radical (unpaired) electrons. The van der Waals surface area contributed by atoms with Crippen LogP contribution in [0.3, 0.4) is 0 Å². The molecule has 0 aliphatic rings. The lowest BCUT2D eigenvalue weighted by atomic mass is 9.95. The fraction of sp³-hybridized carbons (Fsp3) is 0.333. The summed E-state index contributed by atoms with van der Waals surface area (Å²) < 4.78 is 0. The molecule has 1 aromatic rings. The fourth-order valence-electron chi connectivity index (χ4n) is 1.37. The third-order valence-electron chi connectivity index (χ3n) is 2.45. The Labute approximate surface area is 105 Å². The number of benzene rings is 1. The number of nitrogens with one attached hydrogen (secondary N) is 2. The molecule has 0 saturated carbocycles. The van der Waals surface area contributed by atoms with Crippen LogP contribution in [0.2, 0.25) is 0 Å². The molecule has 0 bridgehead atoms. The number of hydrogen-bond donors (Lipinski definition) is 2. The molecule has 0 atom stereocenters. The van der Waals surface area contributed by atoms with Crippen LogP contribution >= 0.6 is 0 Å². The van der Waals surface area contributed by atoms with Crippen LogP contribution in [0.4, 0.5) is 11.4 Å². The van der Waals surface area contributed by atoms with E-state index < -0.39 is 10.3 Å². The van der Waals surface area contributed by atoms with E-state index in [4.69, 9.17) is 10.7 Å². The average Bonchev–Trinajstić information content (AvgIpc) is 2.35. The molecule has 94 valence electrons. The topological polar surface area (TPSA) is 103 Å². The summed E-state index contributed by atoms with van der Waals surface area (Å²) in [6.45, 7) is 3.88. The van der Waals surface area contributed by atoms with E-state index in [1.54, 1.807) is 26.0 Å². The van der Waals surface area contributed by atoms with Gasteiger partial charge in [-0.3, -0.25) is 10.1 Å². The van der Waals surface area contributed by atoms with Gasteiger partial charge in [0.05, 0.1) is 22.0 Å². The molecule has 0 fully saturated rings. The van der Waals surface area contributed by atoms with E-state index in [-0.39, 0.29) is 11.3 Å². The predicted molar refractivity (Wildman–Crippen MR) is 68.9 cm³/mol. The molecule has 0 aliphatic heterocycles. The zero-order chi connectivity index (χ0) is 13.8. The molecular formula is C12H14N4O2. The zero-order valence-electron chi connectivity index (χ0n) is 10.2. The molecule has 0 spiro atoms. The van der Waals surface area contributed by atoms with Crippen molar-refractivity contribution in [3.63, 3.8) is 0 Å². The average molecular weight is 246 g/mol. The Morgan fingerprint density at radius 3 is 2.78 bits per heavy atom. The molecule has 6 heteroatoms. The molecule has 0 aromatic heterocycles. The highest BCUT2D eigenvalue weighted by Crippen LogP contribution is 2.25. The fourth-order valence-corrected chi connectivity index (χ4v) is 1.37. The minimum Gasteiger partial charge on any atom is -0.383 e. The smallest absolute Gasteiger partial charge is 0.280 e. The highest BCUT2D eigenvalue weighted by molar-refractivity contribution is 5.91. The van der Waals surface area contributed by atoms with E-state index in [0.29, 0.717) is 12.2 Å². The van der Waals surface area contributed by atoms with Gasteiger partial charge in [0.2, 0.25) is 0 Å². The van der Waals surface area contributed by atoms with Crippen LogP contribution in [0, 0.1) is 32.3 Å². The first-order valence-corrected chi connectivity index (χ1v) is 5.34. The molecule has 0 saturated heterocycles. The lowest BCUT2D eigenvalue weighted by Crippen LogP contribution is -2.21. The number of hydrogen-bond acceptors (Lipinski definition) is 5. The van der Waals surface area contributed by atoms with Gasteiger partial charge in [-0.1, -0.05) is 6.07 Å². The summed E-state index contributed by atoms with van der Waals surface area (Å²) in [6.07, 6.45) is 0.944. The van der Waals surface area contributed by atoms with Crippen molar-refractivity contribution >= 4 is 17.6 Å². The van der Waals surface area contributed by atoms with Gasteiger partial charge in [0, 0.05) is 24.5 Å². The maximum atomic E-state index is 10.8. The van der Waals surface area contributed by atoms with Gasteiger partial charge >= 0.3 is 0 Å². The van der Waals surface area contributed by atoms with Crippen molar-refractivity contribution in [2.24, 2.45) is 5.41 Å². The Hall–Kier alpha value is -2.42. The molecular weight excluding hydrogens is 232 g/mol. The summed E-state index contributed by atoms with van der Waals surface area (Å²) in [5.74, 6) is 0. The molecule has 6 nitrogen and oxygen atoms in total. The standard InChI is InChI=1S/C12H14N4O2/c1-12(2,7-14)8-15-10-4-3-5-11(16(17)18)9(10)6-13/h3-6,13,15H,8H2,1-2H3. The van der Waals surface area contributed by atoms with Crippen molar-refractivity contribution in [2.75, 3.05) is 11.9 Å². The first-order chi connectivity index (χ1) is 8.41. The maximum Gasteiger partial charge on any atom is 0.280 e. The quantitative estimate of drug-likeness (QED) is 0.473. The Bertz CT molecular complexity index is 517. The molecule has 1 rings (SSSR count). The van der Waals surface area contributed by atoms with Crippen molar-refractivity contribution in [2.45, 2.75) is 13.8 Å². The van der Waals surface area contributed by atoms with Crippen LogP contribution in [0.15, 0.2) is 18.2 Å². The number of nitro benzene ring substituents is 1. The Balaban J connectivity index is 3.04. The molecule has 2 N–H and O–H groups in total. The molecule has 0 unspecified atom stereocenters. The third-order valence-corrected chi connectivity index (χ3v) is 2.45. The minimum atomic E-state index is -0.579. The van der Waals surface area contributed by atoms with Gasteiger partial charge in [0.1, 0.15) is 0 Å². The van der Waals surface area contributed by atoms with Crippen molar-refractivity contribution in [3.05, 3.63) is 33.9 Å². The van der Waals surface area contributed by atoms with E-state index in [0.717, 1.165) is 6.21 Å². The second kappa shape index (κ2) is 5.27. The second-order valence-corrected chi connectivity index (χ2v) is 4.49. The van der Waals surface area contributed by atoms with E-state index in [9.17, 15) is 10.1 Å². The van der Waals surface area contributed by atoms with Crippen LogP contribution < -0.4 is 5.32 Å². The molecule has 18 heavy (non-hydrogen) atoms. The van der Waals surface area contributed by atoms with Gasteiger partial charge in [0.25, 0.3) is 5.69 Å². The van der Waals surface area contributed by atoms with Gasteiger partial charge in [0.15, 0.2) is 0 Å². The molecule has 1 aromatic carbocycles. The van der Waals surface area contributed by atoms with Crippen molar-refractivity contribution in [1.29, 1.82) is 10.7 Å². The highest BCUT2D eigenvalue weighted by Gasteiger charge is 2.19. The Morgan fingerprint density at radius 1 is 1.61 bits per heavy atom. The number of nitro groups is 1. The summed E-state index contributed by atoms with van der Waals surface area (Å²) in [7, 11) is 0. The summed E-state index contributed by atoms with van der Waals surface area (Å²) in [6, 6.07) is 6.68. The van der Waals surface area contributed by atoms with Gasteiger partial charge in [-0.2, -0.15) is 5.26 Å². The van der Waals surface area contributed by atoms with Crippen LogP contribution in [-0.4, -0.2) is 17.7 Å². The zero-order valence-corrected chi connectivity index (χ0v) is 10.2. The lowest BCUT2D eigenvalue weighted by Gasteiger charge is -2.17. The number of rotatable bonds is 5. The first kappa shape index (κ1) is 13.6. The molecule has 0 amide bonds. The largest absolute Gasteiger partial charge is 0.383 e. The van der Waals surface area contributed by atoms with Gasteiger partial charge in [-0.05, 0) is 19.9 Å². The number of anilines is 1. The first-order valence-electron chi connectivity index (χ1n) is 5.34. The Kier molecular flexibility index (Phi) is 4.00.